The number of carbonyl (C=O) groups excluding carboxylic acids is 1. The molecule has 0 aliphatic carbocycles. The second-order valence-electron chi connectivity index (χ2n) is 8.61. The fourth-order valence-electron chi connectivity index (χ4n) is 4.46. The van der Waals surface area contributed by atoms with Crippen molar-refractivity contribution in [2.24, 2.45) is 0 Å². The summed E-state index contributed by atoms with van der Waals surface area (Å²) in [7, 11) is 1.70. The number of carbonyl (C=O) groups is 1. The highest BCUT2D eigenvalue weighted by atomic mass is 32.2. The van der Waals surface area contributed by atoms with Crippen LogP contribution in [0.1, 0.15) is 12.0 Å². The Morgan fingerprint density at radius 1 is 1.03 bits per heavy atom. The maximum atomic E-state index is 12.9. The number of hydrogen-bond donors (Lipinski definition) is 1. The normalized spacial score (nSPS) is 19.6. The van der Waals surface area contributed by atoms with Crippen molar-refractivity contribution < 1.29 is 22.7 Å². The number of anilines is 1. The van der Waals surface area contributed by atoms with Crippen molar-refractivity contribution in [3.05, 3.63) is 48.0 Å². The minimum Gasteiger partial charge on any atom is -0.493 e. The van der Waals surface area contributed by atoms with Crippen molar-refractivity contribution >= 4 is 21.6 Å². The minimum atomic E-state index is -3.52. The van der Waals surface area contributed by atoms with Crippen molar-refractivity contribution in [3.63, 3.8) is 0 Å². The molecular formula is C24H32N4O5S. The van der Waals surface area contributed by atoms with Crippen LogP contribution in [0, 0.1) is 0 Å². The number of ether oxygens (including phenoxy) is 2. The van der Waals surface area contributed by atoms with E-state index < -0.39 is 10.0 Å². The molecule has 2 aliphatic rings. The van der Waals surface area contributed by atoms with E-state index in [2.05, 4.69) is 10.2 Å². The second-order valence-corrected chi connectivity index (χ2v) is 10.6. The summed E-state index contributed by atoms with van der Waals surface area (Å²) in [5, 5.41) is 3.16. The summed E-state index contributed by atoms with van der Waals surface area (Å²) in [6.07, 6.45) is 0.407. The van der Waals surface area contributed by atoms with Crippen LogP contribution in [-0.4, -0.2) is 83.6 Å². The van der Waals surface area contributed by atoms with Crippen molar-refractivity contribution in [1.82, 2.24) is 14.5 Å². The van der Waals surface area contributed by atoms with Crippen molar-refractivity contribution in [1.29, 1.82) is 0 Å². The summed E-state index contributed by atoms with van der Waals surface area (Å²) in [6.45, 7) is 3.43. The molecule has 10 heteroatoms. The Bertz CT molecular complexity index is 1120. The molecule has 4 rings (SSSR count). The predicted octanol–water partition coefficient (Wildman–Crippen LogP) is 1.54. The SMILES string of the molecule is COc1ccc(CN(C)[C@@H]2CC(=O)N(c3ccc(S(=O)(=O)N4CCNCC4)cc3)C2)cc1OC. The van der Waals surface area contributed by atoms with Crippen LogP contribution in [0.15, 0.2) is 47.4 Å². The van der Waals surface area contributed by atoms with Gasteiger partial charge in [-0.15, -0.1) is 0 Å². The van der Waals surface area contributed by atoms with Gasteiger partial charge in [-0.1, -0.05) is 6.07 Å². The van der Waals surface area contributed by atoms with Crippen LogP contribution in [-0.2, 0) is 21.4 Å². The van der Waals surface area contributed by atoms with Crippen LogP contribution in [0.4, 0.5) is 5.69 Å². The summed E-state index contributed by atoms with van der Waals surface area (Å²) in [5.74, 6) is 1.38. The van der Waals surface area contributed by atoms with E-state index >= 15 is 0 Å². The first-order valence-electron chi connectivity index (χ1n) is 11.4. The van der Waals surface area contributed by atoms with Gasteiger partial charge in [0.15, 0.2) is 11.5 Å². The summed E-state index contributed by atoms with van der Waals surface area (Å²) in [6, 6.07) is 12.5. The van der Waals surface area contributed by atoms with E-state index in [0.29, 0.717) is 62.9 Å². The molecule has 1 amide bonds. The van der Waals surface area contributed by atoms with Crippen LogP contribution < -0.4 is 19.7 Å². The van der Waals surface area contributed by atoms with Crippen molar-refractivity contribution in [2.75, 3.05) is 58.9 Å². The first-order valence-corrected chi connectivity index (χ1v) is 12.8. The molecule has 0 spiro atoms. The minimum absolute atomic E-state index is 0.0295. The molecule has 0 bridgehead atoms. The zero-order valence-electron chi connectivity index (χ0n) is 19.9. The first kappa shape index (κ1) is 24.5. The van der Waals surface area contributed by atoms with Crippen LogP contribution in [0.2, 0.25) is 0 Å². The molecular weight excluding hydrogens is 456 g/mol. The molecule has 184 valence electrons. The van der Waals surface area contributed by atoms with Crippen LogP contribution in [0.3, 0.4) is 0 Å². The first-order chi connectivity index (χ1) is 16.3. The van der Waals surface area contributed by atoms with E-state index in [0.717, 1.165) is 5.56 Å². The third kappa shape index (κ3) is 5.05. The standard InChI is InChI=1S/C24H32N4O5S/c1-26(16-18-4-9-22(32-2)23(14-18)33-3)20-15-24(29)28(17-20)19-5-7-21(8-6-19)34(30,31)27-12-10-25-11-13-27/h4-9,14,20,25H,10-13,15-17H2,1-3H3/t20-/m1/s1. The fourth-order valence-corrected chi connectivity index (χ4v) is 5.90. The van der Waals surface area contributed by atoms with Crippen LogP contribution in [0.25, 0.3) is 0 Å². The summed E-state index contributed by atoms with van der Waals surface area (Å²) in [4.78, 5) is 16.9. The van der Waals surface area contributed by atoms with Gasteiger partial charge in [0.05, 0.1) is 19.1 Å². The molecule has 2 aromatic rings. The average molecular weight is 489 g/mol. The van der Waals surface area contributed by atoms with Crippen molar-refractivity contribution in [3.8, 4) is 11.5 Å². The lowest BCUT2D eigenvalue weighted by molar-refractivity contribution is -0.117. The van der Waals surface area contributed by atoms with Gasteiger partial charge < -0.3 is 19.7 Å². The number of likely N-dealkylation sites (N-methyl/N-ethyl adjacent to an activating group) is 1. The van der Waals surface area contributed by atoms with Gasteiger partial charge >= 0.3 is 0 Å². The van der Waals surface area contributed by atoms with Gasteiger partial charge in [0, 0.05) is 57.4 Å². The lowest BCUT2D eigenvalue weighted by atomic mass is 10.1. The molecule has 1 atom stereocenters. The number of sulfonamides is 1. The highest BCUT2D eigenvalue weighted by Gasteiger charge is 2.33. The number of piperazine rings is 1. The molecule has 9 nitrogen and oxygen atoms in total. The predicted molar refractivity (Wildman–Crippen MR) is 130 cm³/mol. The average Bonchev–Trinajstić information content (AvgIpc) is 3.26. The molecule has 1 N–H and O–H groups in total. The summed E-state index contributed by atoms with van der Waals surface area (Å²) >= 11 is 0. The van der Waals surface area contributed by atoms with E-state index in [1.807, 2.05) is 25.2 Å². The van der Waals surface area contributed by atoms with E-state index in [-0.39, 0.29) is 16.8 Å². The molecule has 2 saturated heterocycles. The highest BCUT2D eigenvalue weighted by Crippen LogP contribution is 2.30. The third-order valence-corrected chi connectivity index (χ3v) is 8.38. The summed E-state index contributed by atoms with van der Waals surface area (Å²) in [5.41, 5.74) is 1.78. The number of hydrogen-bond acceptors (Lipinski definition) is 7. The molecule has 2 heterocycles. The third-order valence-electron chi connectivity index (χ3n) is 6.47. The molecule has 2 aliphatic heterocycles. The number of rotatable bonds is 8. The molecule has 2 fully saturated rings. The van der Waals surface area contributed by atoms with E-state index in [1.165, 1.54) is 4.31 Å². The molecule has 0 saturated carbocycles. The molecule has 2 aromatic carbocycles. The maximum Gasteiger partial charge on any atom is 0.243 e. The Morgan fingerprint density at radius 2 is 1.71 bits per heavy atom. The smallest absolute Gasteiger partial charge is 0.243 e. The quantitative estimate of drug-likeness (QED) is 0.603. The van der Waals surface area contributed by atoms with Gasteiger partial charge in [0.2, 0.25) is 15.9 Å². The fraction of sp³-hybridized carbons (Fsp3) is 0.458. The van der Waals surface area contributed by atoms with Gasteiger partial charge in [0.1, 0.15) is 0 Å². The van der Waals surface area contributed by atoms with E-state index in [1.54, 1.807) is 43.4 Å². The number of nitrogens with zero attached hydrogens (tertiary/aromatic N) is 3. The van der Waals surface area contributed by atoms with Gasteiger partial charge in [-0.25, -0.2) is 8.42 Å². The van der Waals surface area contributed by atoms with Gasteiger partial charge in [-0.05, 0) is 49.0 Å². The molecule has 34 heavy (non-hydrogen) atoms. The van der Waals surface area contributed by atoms with Crippen molar-refractivity contribution in [2.45, 2.75) is 23.9 Å². The Morgan fingerprint density at radius 3 is 2.35 bits per heavy atom. The lowest BCUT2D eigenvalue weighted by Gasteiger charge is -2.27. The number of nitrogens with one attached hydrogen (secondary N) is 1. The second kappa shape index (κ2) is 10.3. The Labute approximate surface area is 201 Å². The van der Waals surface area contributed by atoms with Gasteiger partial charge in [-0.2, -0.15) is 4.31 Å². The number of methoxy groups -OCH3 is 2. The summed E-state index contributed by atoms with van der Waals surface area (Å²) < 4.78 is 38.0. The topological polar surface area (TPSA) is 91.4 Å². The Balaban J connectivity index is 1.42. The monoisotopic (exact) mass is 488 g/mol. The zero-order chi connectivity index (χ0) is 24.3. The van der Waals surface area contributed by atoms with Crippen LogP contribution >= 0.6 is 0 Å². The van der Waals surface area contributed by atoms with Crippen LogP contribution in [0.5, 0.6) is 11.5 Å². The largest absolute Gasteiger partial charge is 0.493 e. The van der Waals surface area contributed by atoms with E-state index in [4.69, 9.17) is 9.47 Å². The Kier molecular flexibility index (Phi) is 7.42. The zero-order valence-corrected chi connectivity index (χ0v) is 20.7. The maximum absolute atomic E-state index is 12.9. The lowest BCUT2D eigenvalue weighted by Crippen LogP contribution is -2.46. The molecule has 0 aromatic heterocycles. The highest BCUT2D eigenvalue weighted by molar-refractivity contribution is 7.89. The van der Waals surface area contributed by atoms with E-state index in [9.17, 15) is 13.2 Å². The number of amides is 1. The van der Waals surface area contributed by atoms with Gasteiger partial charge in [-0.3, -0.25) is 9.69 Å². The number of benzene rings is 2. The molecule has 0 unspecified atom stereocenters. The molecule has 0 radical (unpaired) electrons. The Hall–Kier alpha value is -2.66. The van der Waals surface area contributed by atoms with Gasteiger partial charge in [0.25, 0.3) is 0 Å².